The molecule has 18 heavy (non-hydrogen) atoms. The number of hydrogen-bond donors (Lipinski definition) is 2. The Hall–Kier alpha value is -1.47. The van der Waals surface area contributed by atoms with Gasteiger partial charge in [-0.2, -0.15) is 4.98 Å². The Morgan fingerprint density at radius 2 is 2.39 bits per heavy atom. The number of hydrogen-bond acceptors (Lipinski definition) is 6. The van der Waals surface area contributed by atoms with E-state index in [4.69, 9.17) is 9.26 Å². The van der Waals surface area contributed by atoms with Crippen LogP contribution in [0.5, 0.6) is 0 Å². The van der Waals surface area contributed by atoms with Gasteiger partial charge in [-0.05, 0) is 6.42 Å². The lowest BCUT2D eigenvalue weighted by Crippen LogP contribution is -2.53. The van der Waals surface area contributed by atoms with E-state index in [1.807, 2.05) is 6.92 Å². The highest BCUT2D eigenvalue weighted by Crippen LogP contribution is 2.04. The second-order valence-corrected chi connectivity index (χ2v) is 4.16. The van der Waals surface area contributed by atoms with Crippen molar-refractivity contribution in [2.75, 3.05) is 19.7 Å². The molecule has 1 amide bonds. The molecule has 1 atom stereocenters. The first kappa shape index (κ1) is 13.0. The van der Waals surface area contributed by atoms with Gasteiger partial charge in [0, 0.05) is 19.7 Å². The first-order chi connectivity index (χ1) is 8.79. The molecule has 1 aromatic rings. The minimum Gasteiger partial charge on any atom is -0.373 e. The van der Waals surface area contributed by atoms with Crippen LogP contribution in [0.2, 0.25) is 0 Å². The standard InChI is InChI=1S/C11H18N4O3/c1-2-5-17-7-9-14-10(18-15-9)6-8-11(16)13-4-3-12-8/h8,12H,2-7H2,1H3,(H,13,16). The van der Waals surface area contributed by atoms with Crippen molar-refractivity contribution in [3.8, 4) is 0 Å². The molecule has 0 aliphatic carbocycles. The van der Waals surface area contributed by atoms with E-state index >= 15 is 0 Å². The fourth-order valence-electron chi connectivity index (χ4n) is 1.73. The molecule has 2 N–H and O–H groups in total. The number of amides is 1. The van der Waals surface area contributed by atoms with E-state index in [2.05, 4.69) is 20.8 Å². The van der Waals surface area contributed by atoms with Crippen molar-refractivity contribution in [3.05, 3.63) is 11.7 Å². The van der Waals surface area contributed by atoms with Crippen molar-refractivity contribution in [1.82, 2.24) is 20.8 Å². The third-order valence-corrected chi connectivity index (χ3v) is 2.60. The van der Waals surface area contributed by atoms with Crippen molar-refractivity contribution < 1.29 is 14.1 Å². The van der Waals surface area contributed by atoms with Crippen molar-refractivity contribution >= 4 is 5.91 Å². The van der Waals surface area contributed by atoms with Crippen LogP contribution in [0.25, 0.3) is 0 Å². The highest BCUT2D eigenvalue weighted by molar-refractivity contribution is 5.82. The first-order valence-corrected chi connectivity index (χ1v) is 6.20. The van der Waals surface area contributed by atoms with E-state index < -0.39 is 0 Å². The molecule has 0 spiro atoms. The molecule has 1 saturated heterocycles. The molecule has 100 valence electrons. The van der Waals surface area contributed by atoms with Crippen LogP contribution in [0.15, 0.2) is 4.52 Å². The largest absolute Gasteiger partial charge is 0.373 e. The van der Waals surface area contributed by atoms with Gasteiger partial charge in [0.15, 0.2) is 5.82 Å². The lowest BCUT2D eigenvalue weighted by Gasteiger charge is -2.21. The Labute approximate surface area is 105 Å². The zero-order chi connectivity index (χ0) is 12.8. The molecule has 7 heteroatoms. The van der Waals surface area contributed by atoms with Crippen LogP contribution in [0.4, 0.5) is 0 Å². The normalized spacial score (nSPS) is 19.8. The lowest BCUT2D eigenvalue weighted by atomic mass is 10.1. The highest BCUT2D eigenvalue weighted by Gasteiger charge is 2.24. The summed E-state index contributed by atoms with van der Waals surface area (Å²) in [5.74, 6) is 0.956. The summed E-state index contributed by atoms with van der Waals surface area (Å²) >= 11 is 0. The zero-order valence-electron chi connectivity index (χ0n) is 10.4. The number of carbonyl (C=O) groups is 1. The van der Waals surface area contributed by atoms with Gasteiger partial charge < -0.3 is 19.9 Å². The third kappa shape index (κ3) is 3.51. The number of rotatable bonds is 6. The van der Waals surface area contributed by atoms with E-state index in [1.165, 1.54) is 0 Å². The smallest absolute Gasteiger partial charge is 0.237 e. The van der Waals surface area contributed by atoms with Gasteiger partial charge >= 0.3 is 0 Å². The van der Waals surface area contributed by atoms with Gasteiger partial charge in [-0.3, -0.25) is 4.79 Å². The molecule has 0 saturated carbocycles. The summed E-state index contributed by atoms with van der Waals surface area (Å²) in [6.45, 7) is 4.49. The van der Waals surface area contributed by atoms with Gasteiger partial charge in [0.05, 0.1) is 12.5 Å². The van der Waals surface area contributed by atoms with E-state index in [9.17, 15) is 4.79 Å². The molecule has 1 aromatic heterocycles. The molecule has 1 aliphatic heterocycles. The summed E-state index contributed by atoms with van der Waals surface area (Å²) in [6, 6.07) is -0.288. The van der Waals surface area contributed by atoms with E-state index in [1.54, 1.807) is 0 Å². The maximum atomic E-state index is 11.5. The van der Waals surface area contributed by atoms with Crippen LogP contribution in [-0.4, -0.2) is 41.8 Å². The summed E-state index contributed by atoms with van der Waals surface area (Å²) in [4.78, 5) is 15.7. The predicted octanol–water partition coefficient (Wildman–Crippen LogP) is -0.373. The molecule has 2 heterocycles. The second-order valence-electron chi connectivity index (χ2n) is 4.16. The van der Waals surface area contributed by atoms with E-state index in [-0.39, 0.29) is 11.9 Å². The van der Waals surface area contributed by atoms with Gasteiger partial charge in [0.2, 0.25) is 11.8 Å². The van der Waals surface area contributed by atoms with Gasteiger partial charge in [0.25, 0.3) is 0 Å². The van der Waals surface area contributed by atoms with Gasteiger partial charge in [-0.15, -0.1) is 0 Å². The van der Waals surface area contributed by atoms with Crippen molar-refractivity contribution in [1.29, 1.82) is 0 Å². The average Bonchev–Trinajstić information content (AvgIpc) is 2.80. The molecule has 1 aliphatic rings. The quantitative estimate of drug-likeness (QED) is 0.673. The van der Waals surface area contributed by atoms with Gasteiger partial charge in [-0.25, -0.2) is 0 Å². The molecule has 1 unspecified atom stereocenters. The monoisotopic (exact) mass is 254 g/mol. The van der Waals surface area contributed by atoms with Crippen LogP contribution in [-0.2, 0) is 22.6 Å². The minimum atomic E-state index is -0.288. The predicted molar refractivity (Wildman–Crippen MR) is 62.7 cm³/mol. The maximum Gasteiger partial charge on any atom is 0.237 e. The number of nitrogens with zero attached hydrogens (tertiary/aromatic N) is 2. The van der Waals surface area contributed by atoms with E-state index in [0.29, 0.717) is 37.9 Å². The molecular formula is C11H18N4O3. The Morgan fingerprint density at radius 1 is 1.50 bits per heavy atom. The number of nitrogens with one attached hydrogen (secondary N) is 2. The van der Waals surface area contributed by atoms with Crippen molar-refractivity contribution in [2.24, 2.45) is 0 Å². The summed E-state index contributed by atoms with van der Waals surface area (Å²) in [6.07, 6.45) is 1.36. The van der Waals surface area contributed by atoms with Crippen molar-refractivity contribution in [2.45, 2.75) is 32.4 Å². The molecule has 2 rings (SSSR count). The fourth-order valence-corrected chi connectivity index (χ4v) is 1.73. The SMILES string of the molecule is CCCOCc1noc(CC2NCCNC2=O)n1. The molecular weight excluding hydrogens is 236 g/mol. The lowest BCUT2D eigenvalue weighted by molar-refractivity contribution is -0.124. The first-order valence-electron chi connectivity index (χ1n) is 6.20. The van der Waals surface area contributed by atoms with Crippen LogP contribution in [0, 0.1) is 0 Å². The fraction of sp³-hybridized carbons (Fsp3) is 0.727. The Balaban J connectivity index is 1.83. The topological polar surface area (TPSA) is 89.3 Å². The maximum absolute atomic E-state index is 11.5. The Morgan fingerprint density at radius 3 is 3.17 bits per heavy atom. The Bertz CT molecular complexity index is 393. The molecule has 0 bridgehead atoms. The van der Waals surface area contributed by atoms with Gasteiger partial charge in [-0.1, -0.05) is 12.1 Å². The average molecular weight is 254 g/mol. The summed E-state index contributed by atoms with van der Waals surface area (Å²) in [5, 5.41) is 9.70. The van der Waals surface area contributed by atoms with E-state index in [0.717, 1.165) is 13.0 Å². The third-order valence-electron chi connectivity index (χ3n) is 2.60. The van der Waals surface area contributed by atoms with Crippen LogP contribution in [0.1, 0.15) is 25.1 Å². The number of piperazine rings is 1. The van der Waals surface area contributed by atoms with Crippen molar-refractivity contribution in [3.63, 3.8) is 0 Å². The highest BCUT2D eigenvalue weighted by atomic mass is 16.5. The van der Waals surface area contributed by atoms with Crippen LogP contribution >= 0.6 is 0 Å². The summed E-state index contributed by atoms with van der Waals surface area (Å²) in [5.41, 5.74) is 0. The van der Waals surface area contributed by atoms with Gasteiger partial charge in [0.1, 0.15) is 6.61 Å². The Kier molecular flexibility index (Phi) is 4.66. The minimum absolute atomic E-state index is 0.0248. The summed E-state index contributed by atoms with van der Waals surface area (Å²) < 4.78 is 10.4. The molecule has 1 fully saturated rings. The van der Waals surface area contributed by atoms with Crippen LogP contribution < -0.4 is 10.6 Å². The molecule has 7 nitrogen and oxygen atoms in total. The van der Waals surface area contributed by atoms with Crippen LogP contribution in [0.3, 0.4) is 0 Å². The molecule has 0 aromatic carbocycles. The summed E-state index contributed by atoms with van der Waals surface area (Å²) in [7, 11) is 0. The molecule has 0 radical (unpaired) electrons. The second kappa shape index (κ2) is 6.46. The zero-order valence-corrected chi connectivity index (χ0v) is 10.4. The number of aromatic nitrogens is 2. The number of carbonyl (C=O) groups excluding carboxylic acids is 1. The number of ether oxygens (including phenoxy) is 1.